The molecule has 2 rings (SSSR count). The van der Waals surface area contributed by atoms with Crippen LogP contribution in [0.25, 0.3) is 0 Å². The summed E-state index contributed by atoms with van der Waals surface area (Å²) in [5.74, 6) is 2.46. The standard InChI is InChI=1S/C11H19N3O/c1-4-7(2)10-13-11(15-14-10)9-5-6-12-8(9)3/h7-9,12H,4-6H2,1-3H3. The largest absolute Gasteiger partial charge is 0.339 e. The summed E-state index contributed by atoms with van der Waals surface area (Å²) < 4.78 is 5.34. The van der Waals surface area contributed by atoms with Crippen LogP contribution in [0.2, 0.25) is 0 Å². The van der Waals surface area contributed by atoms with Crippen LogP contribution in [0.3, 0.4) is 0 Å². The summed E-state index contributed by atoms with van der Waals surface area (Å²) >= 11 is 0. The van der Waals surface area contributed by atoms with Crippen LogP contribution in [-0.2, 0) is 0 Å². The molecule has 84 valence electrons. The fraction of sp³-hybridized carbons (Fsp3) is 0.818. The maximum Gasteiger partial charge on any atom is 0.231 e. The summed E-state index contributed by atoms with van der Waals surface area (Å²) in [6, 6.07) is 0.454. The number of nitrogens with zero attached hydrogens (tertiary/aromatic N) is 2. The molecule has 4 heteroatoms. The second-order valence-electron chi connectivity index (χ2n) is 4.44. The van der Waals surface area contributed by atoms with Crippen molar-refractivity contribution in [1.29, 1.82) is 0 Å². The summed E-state index contributed by atoms with van der Waals surface area (Å²) in [7, 11) is 0. The Balaban J connectivity index is 2.12. The van der Waals surface area contributed by atoms with Crippen molar-refractivity contribution < 1.29 is 4.52 Å². The van der Waals surface area contributed by atoms with Crippen molar-refractivity contribution in [2.24, 2.45) is 0 Å². The third-order valence-electron chi connectivity index (χ3n) is 3.35. The Hall–Kier alpha value is -0.900. The Kier molecular flexibility index (Phi) is 3.05. The molecule has 0 saturated carbocycles. The molecule has 1 fully saturated rings. The van der Waals surface area contributed by atoms with E-state index < -0.39 is 0 Å². The first-order chi connectivity index (χ1) is 7.22. The molecule has 0 radical (unpaired) electrons. The zero-order valence-corrected chi connectivity index (χ0v) is 9.66. The van der Waals surface area contributed by atoms with E-state index in [4.69, 9.17) is 4.52 Å². The molecule has 3 atom stereocenters. The number of hydrogen-bond acceptors (Lipinski definition) is 4. The number of aromatic nitrogens is 2. The Morgan fingerprint density at radius 2 is 2.40 bits per heavy atom. The van der Waals surface area contributed by atoms with Crippen molar-refractivity contribution in [3.63, 3.8) is 0 Å². The average molecular weight is 209 g/mol. The molecule has 15 heavy (non-hydrogen) atoms. The van der Waals surface area contributed by atoms with E-state index in [0.717, 1.165) is 31.1 Å². The van der Waals surface area contributed by atoms with Gasteiger partial charge in [0.15, 0.2) is 5.82 Å². The van der Waals surface area contributed by atoms with Gasteiger partial charge >= 0.3 is 0 Å². The van der Waals surface area contributed by atoms with Gasteiger partial charge in [-0.05, 0) is 26.3 Å². The summed E-state index contributed by atoms with van der Waals surface area (Å²) in [5.41, 5.74) is 0. The molecule has 0 amide bonds. The fourth-order valence-corrected chi connectivity index (χ4v) is 1.98. The van der Waals surface area contributed by atoms with Gasteiger partial charge in [0.05, 0.1) is 5.92 Å². The molecular weight excluding hydrogens is 190 g/mol. The van der Waals surface area contributed by atoms with Crippen LogP contribution in [0.1, 0.15) is 57.2 Å². The van der Waals surface area contributed by atoms with Crippen molar-refractivity contribution in [3.05, 3.63) is 11.7 Å². The summed E-state index contributed by atoms with van der Waals surface area (Å²) in [6.07, 6.45) is 2.15. The van der Waals surface area contributed by atoms with Gasteiger partial charge in [0, 0.05) is 12.0 Å². The van der Waals surface area contributed by atoms with Gasteiger partial charge in [0.1, 0.15) is 0 Å². The minimum atomic E-state index is 0.396. The molecule has 0 bridgehead atoms. The number of hydrogen-bond donors (Lipinski definition) is 1. The molecule has 1 N–H and O–H groups in total. The Bertz CT molecular complexity index is 323. The Morgan fingerprint density at radius 3 is 3.00 bits per heavy atom. The highest BCUT2D eigenvalue weighted by Crippen LogP contribution is 2.27. The van der Waals surface area contributed by atoms with Gasteiger partial charge < -0.3 is 9.84 Å². The van der Waals surface area contributed by atoms with Gasteiger partial charge in [-0.2, -0.15) is 4.98 Å². The average Bonchev–Trinajstić information content (AvgIpc) is 2.84. The van der Waals surface area contributed by atoms with Crippen LogP contribution >= 0.6 is 0 Å². The van der Waals surface area contributed by atoms with Crippen LogP contribution in [0, 0.1) is 0 Å². The zero-order valence-electron chi connectivity index (χ0n) is 9.66. The van der Waals surface area contributed by atoms with Crippen LogP contribution < -0.4 is 5.32 Å². The van der Waals surface area contributed by atoms with Crippen molar-refractivity contribution >= 4 is 0 Å². The highest BCUT2D eigenvalue weighted by atomic mass is 16.5. The molecule has 1 saturated heterocycles. The molecule has 3 unspecified atom stereocenters. The van der Waals surface area contributed by atoms with Gasteiger partial charge in [-0.25, -0.2) is 0 Å². The van der Waals surface area contributed by atoms with Crippen LogP contribution in [0.5, 0.6) is 0 Å². The maximum atomic E-state index is 5.34. The van der Waals surface area contributed by atoms with E-state index in [1.165, 1.54) is 0 Å². The summed E-state index contributed by atoms with van der Waals surface area (Å²) in [5, 5.41) is 7.44. The maximum absolute atomic E-state index is 5.34. The number of nitrogens with one attached hydrogen (secondary N) is 1. The third kappa shape index (κ3) is 2.04. The van der Waals surface area contributed by atoms with Gasteiger partial charge in [-0.1, -0.05) is 19.0 Å². The molecule has 1 aromatic heterocycles. The smallest absolute Gasteiger partial charge is 0.231 e. The third-order valence-corrected chi connectivity index (χ3v) is 3.35. The van der Waals surface area contributed by atoms with Crippen molar-refractivity contribution in [1.82, 2.24) is 15.5 Å². The number of rotatable bonds is 3. The predicted octanol–water partition coefficient (Wildman–Crippen LogP) is 2.05. The van der Waals surface area contributed by atoms with E-state index >= 15 is 0 Å². The van der Waals surface area contributed by atoms with Crippen LogP contribution in [0.15, 0.2) is 4.52 Å². The summed E-state index contributed by atoms with van der Waals surface area (Å²) in [4.78, 5) is 4.50. The molecule has 1 aliphatic heterocycles. The lowest BCUT2D eigenvalue weighted by molar-refractivity contribution is 0.339. The van der Waals surface area contributed by atoms with E-state index in [-0.39, 0.29) is 0 Å². The topological polar surface area (TPSA) is 51.0 Å². The zero-order chi connectivity index (χ0) is 10.8. The monoisotopic (exact) mass is 209 g/mol. The van der Waals surface area contributed by atoms with Gasteiger partial charge in [-0.15, -0.1) is 0 Å². The van der Waals surface area contributed by atoms with E-state index in [0.29, 0.717) is 17.9 Å². The minimum Gasteiger partial charge on any atom is -0.339 e. The van der Waals surface area contributed by atoms with Gasteiger partial charge in [0.2, 0.25) is 5.89 Å². The van der Waals surface area contributed by atoms with Crippen molar-refractivity contribution in [2.75, 3.05) is 6.54 Å². The van der Waals surface area contributed by atoms with Gasteiger partial charge in [-0.3, -0.25) is 0 Å². The second-order valence-corrected chi connectivity index (χ2v) is 4.44. The van der Waals surface area contributed by atoms with E-state index in [1.807, 2.05) is 0 Å². The van der Waals surface area contributed by atoms with Crippen LogP contribution in [0.4, 0.5) is 0 Å². The fourth-order valence-electron chi connectivity index (χ4n) is 1.98. The minimum absolute atomic E-state index is 0.396. The first-order valence-corrected chi connectivity index (χ1v) is 5.79. The molecule has 4 nitrogen and oxygen atoms in total. The molecular formula is C11H19N3O. The lowest BCUT2D eigenvalue weighted by atomic mass is 10.0. The Morgan fingerprint density at radius 1 is 1.60 bits per heavy atom. The first kappa shape index (κ1) is 10.6. The molecule has 0 aromatic carbocycles. The molecule has 0 spiro atoms. The van der Waals surface area contributed by atoms with Gasteiger partial charge in [0.25, 0.3) is 0 Å². The van der Waals surface area contributed by atoms with Crippen molar-refractivity contribution in [3.8, 4) is 0 Å². The molecule has 1 aromatic rings. The van der Waals surface area contributed by atoms with Crippen molar-refractivity contribution in [2.45, 2.75) is 51.5 Å². The SMILES string of the molecule is CCC(C)c1noc(C2CCNC2C)n1. The molecule has 1 aliphatic rings. The van der Waals surface area contributed by atoms with Crippen LogP contribution in [-0.4, -0.2) is 22.7 Å². The first-order valence-electron chi connectivity index (χ1n) is 5.79. The lowest BCUT2D eigenvalue weighted by Gasteiger charge is -2.08. The second kappa shape index (κ2) is 4.31. The van der Waals surface area contributed by atoms with E-state index in [2.05, 4.69) is 36.2 Å². The molecule has 0 aliphatic carbocycles. The highest BCUT2D eigenvalue weighted by molar-refractivity contribution is 5.03. The lowest BCUT2D eigenvalue weighted by Crippen LogP contribution is -2.21. The molecule has 2 heterocycles. The predicted molar refractivity (Wildman–Crippen MR) is 57.8 cm³/mol. The Labute approximate surface area is 90.4 Å². The normalized spacial score (nSPS) is 28.2. The van der Waals surface area contributed by atoms with E-state index in [1.54, 1.807) is 0 Å². The van der Waals surface area contributed by atoms with E-state index in [9.17, 15) is 0 Å². The quantitative estimate of drug-likeness (QED) is 0.827. The summed E-state index contributed by atoms with van der Waals surface area (Å²) in [6.45, 7) is 7.49. The highest BCUT2D eigenvalue weighted by Gasteiger charge is 2.29.